The van der Waals surface area contributed by atoms with Gasteiger partial charge in [0.15, 0.2) is 24.4 Å². The molecule has 0 aliphatic carbocycles. The van der Waals surface area contributed by atoms with E-state index in [4.69, 9.17) is 28.4 Å². The average Bonchev–Trinajstić information content (AvgIpc) is 3.45. The van der Waals surface area contributed by atoms with Gasteiger partial charge in [-0.15, -0.1) is 0 Å². The highest BCUT2D eigenvalue weighted by Gasteiger charge is 2.30. The topological polar surface area (TPSA) is 107 Å². The van der Waals surface area contributed by atoms with Crippen molar-refractivity contribution < 1.29 is 42.8 Å². The van der Waals surface area contributed by atoms with E-state index in [0.717, 1.165) is 0 Å². The van der Waals surface area contributed by atoms with Gasteiger partial charge in [-0.3, -0.25) is 0 Å². The maximum Gasteiger partial charge on any atom is 0.348 e. The monoisotopic (exact) mass is 380 g/mol. The highest BCUT2D eigenvalue weighted by molar-refractivity contribution is 5.77. The van der Waals surface area contributed by atoms with E-state index in [0.29, 0.717) is 19.3 Å². The number of hydrogen-bond donors (Lipinski definition) is 0. The molecule has 3 heterocycles. The summed E-state index contributed by atoms with van der Waals surface area (Å²) in [7, 11) is 0. The van der Waals surface area contributed by atoms with Crippen molar-refractivity contribution in [2.75, 3.05) is 13.2 Å². The van der Waals surface area contributed by atoms with Crippen molar-refractivity contribution in [3.8, 4) is 0 Å². The Balaban J connectivity index is 1.49. The Bertz CT molecular complexity index is 589. The van der Waals surface area contributed by atoms with Gasteiger partial charge in [0.1, 0.15) is 13.2 Å². The van der Waals surface area contributed by atoms with Crippen LogP contribution in [0.15, 0.2) is 37.0 Å². The second kappa shape index (κ2) is 9.11. The summed E-state index contributed by atoms with van der Waals surface area (Å²) in [5, 5.41) is 0. The van der Waals surface area contributed by atoms with Crippen LogP contribution in [-0.4, -0.2) is 55.5 Å². The Morgan fingerprint density at radius 2 is 1.15 bits per heavy atom. The highest BCUT2D eigenvalue weighted by Crippen LogP contribution is 2.15. The minimum absolute atomic E-state index is 0.276. The van der Waals surface area contributed by atoms with Crippen LogP contribution in [0, 0.1) is 0 Å². The Morgan fingerprint density at radius 3 is 1.52 bits per heavy atom. The van der Waals surface area contributed by atoms with Crippen LogP contribution in [-0.2, 0) is 42.8 Å². The second-order valence-electron chi connectivity index (χ2n) is 6.02. The van der Waals surface area contributed by atoms with Crippen LogP contribution in [0.3, 0.4) is 0 Å². The molecule has 3 unspecified atom stereocenters. The number of carbonyl (C=O) groups excluding carboxylic acids is 3. The van der Waals surface area contributed by atoms with E-state index < -0.39 is 42.3 Å². The summed E-state index contributed by atoms with van der Waals surface area (Å²) in [5.74, 6) is -1.81. The Hall–Kier alpha value is -2.97. The maximum atomic E-state index is 12.1. The van der Waals surface area contributed by atoms with Crippen molar-refractivity contribution in [1.29, 1.82) is 0 Å². The van der Waals surface area contributed by atoms with Gasteiger partial charge >= 0.3 is 17.9 Å². The standard InChI is InChI=1S/C18H20O9/c19-16(13-4-1-7-22-13)25-10-12(27-18(21)15-6-3-9-24-15)11-26-17(20)14-5-2-8-23-14/h1-3,7-9,12-15H,4-6,10-11H2. The lowest BCUT2D eigenvalue weighted by molar-refractivity contribution is -0.176. The largest absolute Gasteiger partial charge is 0.486 e. The van der Waals surface area contributed by atoms with Gasteiger partial charge in [-0.25, -0.2) is 14.4 Å². The minimum Gasteiger partial charge on any atom is -0.486 e. The molecule has 0 aromatic rings. The number of rotatable bonds is 8. The molecular weight excluding hydrogens is 360 g/mol. The lowest BCUT2D eigenvalue weighted by atomic mass is 10.2. The average molecular weight is 380 g/mol. The molecule has 9 nitrogen and oxygen atoms in total. The van der Waals surface area contributed by atoms with Crippen LogP contribution in [0.4, 0.5) is 0 Å². The molecule has 146 valence electrons. The summed E-state index contributed by atoms with van der Waals surface area (Å²) in [6, 6.07) is 0. The Labute approximate surface area is 155 Å². The predicted molar refractivity (Wildman–Crippen MR) is 87.7 cm³/mol. The fraction of sp³-hybridized carbons (Fsp3) is 0.500. The van der Waals surface area contributed by atoms with Crippen molar-refractivity contribution in [1.82, 2.24) is 0 Å². The van der Waals surface area contributed by atoms with Crippen LogP contribution in [0.2, 0.25) is 0 Å². The first-order valence-corrected chi connectivity index (χ1v) is 8.58. The number of esters is 3. The van der Waals surface area contributed by atoms with E-state index in [1.807, 2.05) is 0 Å². The molecule has 0 spiro atoms. The SMILES string of the molecule is O=C(OCC(COC(=O)C1CC=CO1)OC(=O)C1CC=CO1)C1CC=CO1. The third kappa shape index (κ3) is 5.25. The molecule has 27 heavy (non-hydrogen) atoms. The van der Waals surface area contributed by atoms with Gasteiger partial charge in [0.05, 0.1) is 18.8 Å². The molecule has 0 fully saturated rings. The summed E-state index contributed by atoms with van der Waals surface area (Å²) in [6.07, 6.45) is 7.38. The maximum absolute atomic E-state index is 12.1. The smallest absolute Gasteiger partial charge is 0.348 e. The van der Waals surface area contributed by atoms with Crippen LogP contribution in [0.25, 0.3) is 0 Å². The zero-order chi connectivity index (χ0) is 19.1. The Kier molecular flexibility index (Phi) is 6.35. The molecule has 3 aliphatic rings. The van der Waals surface area contributed by atoms with Gasteiger partial charge in [-0.2, -0.15) is 0 Å². The van der Waals surface area contributed by atoms with Crippen molar-refractivity contribution in [3.63, 3.8) is 0 Å². The van der Waals surface area contributed by atoms with Crippen LogP contribution >= 0.6 is 0 Å². The van der Waals surface area contributed by atoms with E-state index in [-0.39, 0.29) is 13.2 Å². The zero-order valence-electron chi connectivity index (χ0n) is 14.5. The molecule has 0 saturated heterocycles. The molecule has 0 aromatic heterocycles. The molecule has 0 amide bonds. The van der Waals surface area contributed by atoms with E-state index in [9.17, 15) is 14.4 Å². The molecule has 3 aliphatic heterocycles. The second-order valence-corrected chi connectivity index (χ2v) is 6.02. The molecule has 0 bridgehead atoms. The summed E-state index contributed by atoms with van der Waals surface area (Å²) >= 11 is 0. The predicted octanol–water partition coefficient (Wildman–Crippen LogP) is 0.892. The van der Waals surface area contributed by atoms with Crippen molar-refractivity contribution in [2.45, 2.75) is 43.7 Å². The van der Waals surface area contributed by atoms with Gasteiger partial charge in [0.2, 0.25) is 0 Å². The fourth-order valence-corrected chi connectivity index (χ4v) is 2.50. The quantitative estimate of drug-likeness (QED) is 0.448. The van der Waals surface area contributed by atoms with E-state index >= 15 is 0 Å². The molecule has 3 rings (SSSR count). The van der Waals surface area contributed by atoms with Crippen LogP contribution in [0.1, 0.15) is 19.3 Å². The normalized spacial score (nSPS) is 26.0. The van der Waals surface area contributed by atoms with Crippen LogP contribution in [0.5, 0.6) is 0 Å². The first-order chi connectivity index (χ1) is 13.1. The Morgan fingerprint density at radius 1 is 0.741 bits per heavy atom. The highest BCUT2D eigenvalue weighted by atomic mass is 16.6. The molecule has 0 aromatic carbocycles. The molecule has 9 heteroatoms. The van der Waals surface area contributed by atoms with Gasteiger partial charge in [0, 0.05) is 19.3 Å². The minimum atomic E-state index is -0.974. The first kappa shape index (κ1) is 18.8. The molecule has 0 saturated carbocycles. The van der Waals surface area contributed by atoms with Gasteiger partial charge in [0.25, 0.3) is 0 Å². The zero-order valence-corrected chi connectivity index (χ0v) is 14.5. The molecule has 0 N–H and O–H groups in total. The molecule has 0 radical (unpaired) electrons. The fourth-order valence-electron chi connectivity index (χ4n) is 2.50. The summed E-state index contributed by atoms with van der Waals surface area (Å²) in [6.45, 7) is -0.552. The van der Waals surface area contributed by atoms with Gasteiger partial charge in [-0.05, 0) is 18.2 Å². The van der Waals surface area contributed by atoms with E-state index in [1.165, 1.54) is 18.8 Å². The third-order valence-electron chi connectivity index (χ3n) is 3.96. The number of carbonyl (C=O) groups is 3. The lowest BCUT2D eigenvalue weighted by Gasteiger charge is -2.21. The molecule has 3 atom stereocenters. The van der Waals surface area contributed by atoms with E-state index in [2.05, 4.69) is 0 Å². The van der Waals surface area contributed by atoms with Gasteiger partial charge < -0.3 is 28.4 Å². The summed E-state index contributed by atoms with van der Waals surface area (Å²) in [5.41, 5.74) is 0. The van der Waals surface area contributed by atoms with Crippen molar-refractivity contribution in [3.05, 3.63) is 37.0 Å². The number of ether oxygens (including phenoxy) is 6. The summed E-state index contributed by atoms with van der Waals surface area (Å²) in [4.78, 5) is 36.0. The molecular formula is C18H20O9. The summed E-state index contributed by atoms with van der Waals surface area (Å²) < 4.78 is 30.8. The van der Waals surface area contributed by atoms with E-state index in [1.54, 1.807) is 18.2 Å². The third-order valence-corrected chi connectivity index (χ3v) is 3.96. The van der Waals surface area contributed by atoms with Crippen molar-refractivity contribution in [2.24, 2.45) is 0 Å². The van der Waals surface area contributed by atoms with Crippen LogP contribution < -0.4 is 0 Å². The van der Waals surface area contributed by atoms with Gasteiger partial charge in [-0.1, -0.05) is 0 Å². The first-order valence-electron chi connectivity index (χ1n) is 8.58. The van der Waals surface area contributed by atoms with Crippen molar-refractivity contribution >= 4 is 17.9 Å². The lowest BCUT2D eigenvalue weighted by Crippen LogP contribution is -2.37. The number of hydrogen-bond acceptors (Lipinski definition) is 9.